The van der Waals surface area contributed by atoms with Crippen molar-refractivity contribution in [3.8, 4) is 11.5 Å². The van der Waals surface area contributed by atoms with E-state index in [1.165, 1.54) is 7.11 Å². The maximum atomic E-state index is 12.0. The van der Waals surface area contributed by atoms with Gasteiger partial charge in [-0.15, -0.1) is 0 Å². The third-order valence-electron chi connectivity index (χ3n) is 2.87. The Kier molecular flexibility index (Phi) is 5.26. The number of halogens is 1. The largest absolute Gasteiger partial charge is 0.495 e. The zero-order valence-corrected chi connectivity index (χ0v) is 14.0. The third kappa shape index (κ3) is 3.70. The molecule has 2 N–H and O–H groups in total. The van der Waals surface area contributed by atoms with Crippen LogP contribution in [0.15, 0.2) is 27.2 Å². The summed E-state index contributed by atoms with van der Waals surface area (Å²) in [5.41, 5.74) is 0.492. The van der Waals surface area contributed by atoms with Crippen molar-refractivity contribution in [2.24, 2.45) is 0 Å². The topological polar surface area (TPSA) is 85.6 Å². The molecule has 2 rings (SSSR count). The number of benzene rings is 1. The van der Waals surface area contributed by atoms with Crippen molar-refractivity contribution >= 4 is 33.5 Å². The van der Waals surface area contributed by atoms with Crippen molar-refractivity contribution in [1.29, 1.82) is 0 Å². The molecule has 0 saturated carbocycles. The Morgan fingerprint density at radius 2 is 1.95 bits per heavy atom. The van der Waals surface area contributed by atoms with Crippen molar-refractivity contribution in [2.75, 3.05) is 24.9 Å². The molecule has 1 heterocycles. The van der Waals surface area contributed by atoms with Gasteiger partial charge in [-0.1, -0.05) is 12.1 Å². The van der Waals surface area contributed by atoms with Gasteiger partial charge in [-0.2, -0.15) is 0 Å². The average Bonchev–Trinajstić information content (AvgIpc) is 2.95. The molecule has 0 aliphatic carbocycles. The number of carbonyl (C=O) groups excluding carboxylic acids is 1. The average molecular weight is 370 g/mol. The molecular formula is C14H16BrN3O4. The van der Waals surface area contributed by atoms with E-state index in [1.807, 2.05) is 6.92 Å². The second kappa shape index (κ2) is 7.17. The lowest BCUT2D eigenvalue weighted by Crippen LogP contribution is -2.20. The quantitative estimate of drug-likeness (QED) is 0.839. The number of anilines is 2. The van der Waals surface area contributed by atoms with E-state index in [0.29, 0.717) is 39.7 Å². The Morgan fingerprint density at radius 3 is 2.55 bits per heavy atom. The van der Waals surface area contributed by atoms with Crippen molar-refractivity contribution in [1.82, 2.24) is 5.16 Å². The second-order valence-corrected chi connectivity index (χ2v) is 5.15. The highest BCUT2D eigenvalue weighted by Gasteiger charge is 2.13. The van der Waals surface area contributed by atoms with Gasteiger partial charge >= 0.3 is 6.03 Å². The molecule has 1 aromatic heterocycles. The second-order valence-electron chi connectivity index (χ2n) is 4.30. The van der Waals surface area contributed by atoms with Crippen molar-refractivity contribution in [2.45, 2.75) is 13.3 Å². The Balaban J connectivity index is 2.12. The number of aryl methyl sites for hydroxylation is 1. The number of methoxy groups -OCH3 is 2. The first-order valence-electron chi connectivity index (χ1n) is 6.52. The number of ether oxygens (including phenoxy) is 2. The van der Waals surface area contributed by atoms with Gasteiger partial charge in [-0.3, -0.25) is 5.32 Å². The minimum Gasteiger partial charge on any atom is -0.495 e. The van der Waals surface area contributed by atoms with Crippen LogP contribution in [0, 0.1) is 0 Å². The molecule has 0 aliphatic rings. The predicted molar refractivity (Wildman–Crippen MR) is 85.8 cm³/mol. The Hall–Kier alpha value is -2.22. The molecule has 8 heteroatoms. The molecule has 0 unspecified atom stereocenters. The van der Waals surface area contributed by atoms with E-state index in [-0.39, 0.29) is 0 Å². The Bertz CT molecular complexity index is 672. The molecule has 0 aliphatic heterocycles. The van der Waals surface area contributed by atoms with Gasteiger partial charge in [0.15, 0.2) is 5.82 Å². The van der Waals surface area contributed by atoms with Gasteiger partial charge in [-0.05, 0) is 22.0 Å². The predicted octanol–water partition coefficient (Wildman–Crippen LogP) is 3.66. The maximum absolute atomic E-state index is 12.0. The van der Waals surface area contributed by atoms with Crippen molar-refractivity contribution < 1.29 is 18.8 Å². The zero-order valence-electron chi connectivity index (χ0n) is 12.4. The first-order valence-corrected chi connectivity index (χ1v) is 7.31. The van der Waals surface area contributed by atoms with Crippen molar-refractivity contribution in [3.63, 3.8) is 0 Å². The molecule has 0 saturated heterocycles. The molecule has 1 aromatic carbocycles. The van der Waals surface area contributed by atoms with Crippen LogP contribution in [0.25, 0.3) is 0 Å². The molecule has 0 radical (unpaired) electrons. The summed E-state index contributed by atoms with van der Waals surface area (Å²) in [4.78, 5) is 12.0. The van der Waals surface area contributed by atoms with Crippen LogP contribution in [0.3, 0.4) is 0 Å². The molecule has 2 amide bonds. The summed E-state index contributed by atoms with van der Waals surface area (Å²) in [5, 5.41) is 9.02. The van der Waals surface area contributed by atoms with Crippen LogP contribution in [-0.4, -0.2) is 25.4 Å². The molecule has 7 nitrogen and oxygen atoms in total. The first-order chi connectivity index (χ1) is 10.6. The lowest BCUT2D eigenvalue weighted by Gasteiger charge is -2.13. The number of nitrogens with one attached hydrogen (secondary N) is 2. The number of carbonyl (C=O) groups is 1. The van der Waals surface area contributed by atoms with Gasteiger partial charge in [0.1, 0.15) is 17.3 Å². The van der Waals surface area contributed by atoms with E-state index in [4.69, 9.17) is 14.0 Å². The highest BCUT2D eigenvalue weighted by Crippen LogP contribution is 2.36. The van der Waals surface area contributed by atoms with E-state index in [1.54, 1.807) is 25.3 Å². The molecule has 118 valence electrons. The van der Waals surface area contributed by atoms with E-state index in [9.17, 15) is 4.79 Å². The minimum absolute atomic E-state index is 0.348. The van der Waals surface area contributed by atoms with Crippen LogP contribution in [0.5, 0.6) is 11.5 Å². The summed E-state index contributed by atoms with van der Waals surface area (Å²) in [6.07, 6.45) is 0.704. The van der Waals surface area contributed by atoms with Gasteiger partial charge in [0.05, 0.1) is 24.4 Å². The number of aromatic nitrogens is 1. The van der Waals surface area contributed by atoms with Crippen LogP contribution in [0.2, 0.25) is 0 Å². The molecule has 0 fully saturated rings. The molecule has 2 aromatic rings. The smallest absolute Gasteiger partial charge is 0.325 e. The van der Waals surface area contributed by atoms with Gasteiger partial charge < -0.3 is 19.3 Å². The third-order valence-corrected chi connectivity index (χ3v) is 3.49. The van der Waals surface area contributed by atoms with Gasteiger partial charge in [0, 0.05) is 18.6 Å². The maximum Gasteiger partial charge on any atom is 0.325 e. The van der Waals surface area contributed by atoms with E-state index in [0.717, 1.165) is 0 Å². The van der Waals surface area contributed by atoms with Crippen LogP contribution in [-0.2, 0) is 6.42 Å². The van der Waals surface area contributed by atoms with E-state index < -0.39 is 6.03 Å². The molecule has 0 bridgehead atoms. The number of nitrogens with zero attached hydrogens (tertiary/aromatic N) is 1. The minimum atomic E-state index is -0.452. The summed E-state index contributed by atoms with van der Waals surface area (Å²) in [5.74, 6) is 2.12. The van der Waals surface area contributed by atoms with Gasteiger partial charge in [-0.25, -0.2) is 4.79 Å². The SMILES string of the molecule is CCc1cc(NC(=O)Nc2cc(Br)c(OC)cc2OC)no1. The van der Waals surface area contributed by atoms with E-state index in [2.05, 4.69) is 31.7 Å². The molecule has 22 heavy (non-hydrogen) atoms. The number of amides is 2. The number of urea groups is 1. The fourth-order valence-electron chi connectivity index (χ4n) is 1.77. The fraction of sp³-hybridized carbons (Fsp3) is 0.286. The standard InChI is InChI=1S/C14H16BrN3O4/c1-4-8-5-13(18-22-8)17-14(19)16-10-6-9(15)11(20-2)7-12(10)21-3/h5-7H,4H2,1-3H3,(H2,16,17,18,19). The highest BCUT2D eigenvalue weighted by atomic mass is 79.9. The first kappa shape index (κ1) is 16.2. The number of rotatable bonds is 5. The van der Waals surface area contributed by atoms with Crippen LogP contribution >= 0.6 is 15.9 Å². The van der Waals surface area contributed by atoms with Crippen LogP contribution < -0.4 is 20.1 Å². The van der Waals surface area contributed by atoms with Gasteiger partial charge in [0.2, 0.25) is 0 Å². The Morgan fingerprint density at radius 1 is 1.23 bits per heavy atom. The summed E-state index contributed by atoms with van der Waals surface area (Å²) in [6.45, 7) is 1.93. The molecular weight excluding hydrogens is 354 g/mol. The lowest BCUT2D eigenvalue weighted by molar-refractivity contribution is 0.261. The highest BCUT2D eigenvalue weighted by molar-refractivity contribution is 9.10. The zero-order chi connectivity index (χ0) is 16.1. The van der Waals surface area contributed by atoms with E-state index >= 15 is 0 Å². The normalized spacial score (nSPS) is 10.2. The summed E-state index contributed by atoms with van der Waals surface area (Å²) in [7, 11) is 3.06. The Labute approximate surface area is 136 Å². The number of hydrogen-bond acceptors (Lipinski definition) is 5. The summed E-state index contributed by atoms with van der Waals surface area (Å²) < 4.78 is 16.1. The van der Waals surface area contributed by atoms with Crippen LogP contribution in [0.4, 0.5) is 16.3 Å². The number of hydrogen-bond donors (Lipinski definition) is 2. The monoisotopic (exact) mass is 369 g/mol. The lowest BCUT2D eigenvalue weighted by atomic mass is 10.2. The molecule has 0 spiro atoms. The van der Waals surface area contributed by atoms with Crippen LogP contribution in [0.1, 0.15) is 12.7 Å². The summed E-state index contributed by atoms with van der Waals surface area (Å²) >= 11 is 3.36. The summed E-state index contributed by atoms with van der Waals surface area (Å²) in [6, 6.07) is 4.58. The van der Waals surface area contributed by atoms with Crippen molar-refractivity contribution in [3.05, 3.63) is 28.4 Å². The fourth-order valence-corrected chi connectivity index (χ4v) is 2.27. The van der Waals surface area contributed by atoms with Gasteiger partial charge in [0.25, 0.3) is 0 Å². The molecule has 0 atom stereocenters.